The third-order valence-electron chi connectivity index (χ3n) is 1.92. The summed E-state index contributed by atoms with van der Waals surface area (Å²) in [6.07, 6.45) is 2.30. The van der Waals surface area contributed by atoms with Crippen molar-refractivity contribution in [1.82, 2.24) is 9.78 Å². The molecule has 0 aliphatic heterocycles. The molecule has 1 heterocycles. The van der Waals surface area contributed by atoms with Gasteiger partial charge in [0.15, 0.2) is 0 Å². The number of primary amides is 1. The molecule has 0 aliphatic carbocycles. The summed E-state index contributed by atoms with van der Waals surface area (Å²) in [7, 11) is 1.83. The minimum atomic E-state index is -0.622. The lowest BCUT2D eigenvalue weighted by Crippen LogP contribution is -2.38. The zero-order chi connectivity index (χ0) is 10.0. The summed E-state index contributed by atoms with van der Waals surface area (Å²) in [5, 5.41) is 4.13. The van der Waals surface area contributed by atoms with Crippen molar-refractivity contribution in [1.29, 1.82) is 0 Å². The highest BCUT2D eigenvalue weighted by Gasteiger charge is 2.13. The number of aromatic nitrogens is 2. The first-order chi connectivity index (χ1) is 6.00. The topological polar surface area (TPSA) is 86.9 Å². The summed E-state index contributed by atoms with van der Waals surface area (Å²) in [6, 6.07) is -0.622. The number of carbonyl (C=O) groups is 1. The molecule has 1 unspecified atom stereocenters. The number of amides is 1. The average molecular weight is 182 g/mol. The summed E-state index contributed by atoms with van der Waals surface area (Å²) < 4.78 is 1.69. The van der Waals surface area contributed by atoms with Crippen LogP contribution in [0.15, 0.2) is 6.20 Å². The monoisotopic (exact) mass is 182 g/mol. The lowest BCUT2D eigenvalue weighted by Gasteiger charge is -2.04. The Labute approximate surface area is 76.7 Å². The van der Waals surface area contributed by atoms with Gasteiger partial charge in [0, 0.05) is 13.2 Å². The van der Waals surface area contributed by atoms with Crippen molar-refractivity contribution in [2.45, 2.75) is 19.4 Å². The Hall–Kier alpha value is -1.36. The zero-order valence-electron chi connectivity index (χ0n) is 7.82. The number of nitrogens with two attached hydrogens (primary N) is 2. The van der Waals surface area contributed by atoms with Gasteiger partial charge in [0.1, 0.15) is 0 Å². The fraction of sp³-hybridized carbons (Fsp3) is 0.500. The fourth-order valence-electron chi connectivity index (χ4n) is 1.19. The maximum atomic E-state index is 10.7. The van der Waals surface area contributed by atoms with Crippen LogP contribution in [0, 0.1) is 6.92 Å². The number of carbonyl (C=O) groups excluding carboxylic acids is 1. The molecule has 0 spiro atoms. The van der Waals surface area contributed by atoms with Crippen LogP contribution in [-0.4, -0.2) is 21.7 Å². The third kappa shape index (κ3) is 2.29. The second-order valence-electron chi connectivity index (χ2n) is 3.13. The SMILES string of the molecule is Cc1nn(C)cc1CC(N)C(N)=O. The molecular weight excluding hydrogens is 168 g/mol. The highest BCUT2D eigenvalue weighted by molar-refractivity contribution is 5.79. The number of hydrogen-bond donors (Lipinski definition) is 2. The molecule has 0 aliphatic rings. The number of hydrogen-bond acceptors (Lipinski definition) is 3. The van der Waals surface area contributed by atoms with E-state index in [-0.39, 0.29) is 0 Å². The Morgan fingerprint density at radius 3 is 2.77 bits per heavy atom. The van der Waals surface area contributed by atoms with E-state index >= 15 is 0 Å². The Kier molecular flexibility index (Phi) is 2.67. The van der Waals surface area contributed by atoms with Gasteiger partial charge in [-0.15, -0.1) is 0 Å². The van der Waals surface area contributed by atoms with Crippen LogP contribution in [0.3, 0.4) is 0 Å². The molecule has 5 nitrogen and oxygen atoms in total. The first-order valence-electron chi connectivity index (χ1n) is 4.04. The van der Waals surface area contributed by atoms with Crippen molar-refractivity contribution in [3.63, 3.8) is 0 Å². The van der Waals surface area contributed by atoms with Gasteiger partial charge < -0.3 is 11.5 Å². The summed E-state index contributed by atoms with van der Waals surface area (Å²) in [6.45, 7) is 1.88. The van der Waals surface area contributed by atoms with Crippen molar-refractivity contribution in [3.8, 4) is 0 Å². The number of aryl methyl sites for hydroxylation is 2. The van der Waals surface area contributed by atoms with Gasteiger partial charge in [-0.3, -0.25) is 9.48 Å². The van der Waals surface area contributed by atoms with E-state index in [1.54, 1.807) is 4.68 Å². The zero-order valence-corrected chi connectivity index (χ0v) is 7.82. The Balaban J connectivity index is 2.74. The molecule has 13 heavy (non-hydrogen) atoms. The van der Waals surface area contributed by atoms with E-state index in [0.717, 1.165) is 11.3 Å². The van der Waals surface area contributed by atoms with E-state index in [9.17, 15) is 4.79 Å². The van der Waals surface area contributed by atoms with Gasteiger partial charge in [0.05, 0.1) is 11.7 Å². The molecule has 72 valence electrons. The standard InChI is InChI=1S/C8H14N4O/c1-5-6(4-12(2)11-5)3-7(9)8(10)13/h4,7H,3,9H2,1-2H3,(H2,10,13). The van der Waals surface area contributed by atoms with Crippen molar-refractivity contribution in [2.24, 2.45) is 18.5 Å². The van der Waals surface area contributed by atoms with Gasteiger partial charge in [0.2, 0.25) is 5.91 Å². The van der Waals surface area contributed by atoms with Crippen LogP contribution in [0.2, 0.25) is 0 Å². The molecule has 1 rings (SSSR count). The minimum absolute atomic E-state index is 0.453. The Bertz CT molecular complexity index is 318. The van der Waals surface area contributed by atoms with Gasteiger partial charge in [0.25, 0.3) is 0 Å². The van der Waals surface area contributed by atoms with Crippen molar-refractivity contribution < 1.29 is 4.79 Å². The number of rotatable bonds is 3. The Morgan fingerprint density at radius 1 is 1.77 bits per heavy atom. The lowest BCUT2D eigenvalue weighted by molar-refractivity contribution is -0.119. The van der Waals surface area contributed by atoms with Crippen LogP contribution < -0.4 is 11.5 Å². The van der Waals surface area contributed by atoms with Gasteiger partial charge in [-0.1, -0.05) is 0 Å². The van der Waals surface area contributed by atoms with Gasteiger partial charge >= 0.3 is 0 Å². The molecule has 4 N–H and O–H groups in total. The average Bonchev–Trinajstić information content (AvgIpc) is 2.30. The third-order valence-corrected chi connectivity index (χ3v) is 1.92. The van der Waals surface area contributed by atoms with E-state index in [1.807, 2.05) is 20.2 Å². The summed E-state index contributed by atoms with van der Waals surface area (Å²) >= 11 is 0. The predicted molar refractivity (Wildman–Crippen MR) is 48.8 cm³/mol. The van der Waals surface area contributed by atoms with Crippen LogP contribution in [0.5, 0.6) is 0 Å². The molecular formula is C8H14N4O. The molecule has 0 saturated heterocycles. The van der Waals surface area contributed by atoms with Crippen LogP contribution in [-0.2, 0) is 18.3 Å². The summed E-state index contributed by atoms with van der Waals surface area (Å²) in [4.78, 5) is 10.7. The highest BCUT2D eigenvalue weighted by Crippen LogP contribution is 2.06. The summed E-state index contributed by atoms with van der Waals surface area (Å²) in [5.41, 5.74) is 12.4. The quantitative estimate of drug-likeness (QED) is 0.634. The molecule has 0 fully saturated rings. The summed E-state index contributed by atoms with van der Waals surface area (Å²) in [5.74, 6) is -0.483. The van der Waals surface area contributed by atoms with Crippen molar-refractivity contribution >= 4 is 5.91 Å². The molecule has 0 aromatic carbocycles. The normalized spacial score (nSPS) is 12.8. The van der Waals surface area contributed by atoms with Crippen molar-refractivity contribution in [2.75, 3.05) is 0 Å². The van der Waals surface area contributed by atoms with Crippen LogP contribution >= 0.6 is 0 Å². The van der Waals surface area contributed by atoms with E-state index in [1.165, 1.54) is 0 Å². The smallest absolute Gasteiger partial charge is 0.234 e. The molecule has 1 amide bonds. The molecule has 1 aromatic rings. The van der Waals surface area contributed by atoms with E-state index in [4.69, 9.17) is 11.5 Å². The first-order valence-corrected chi connectivity index (χ1v) is 4.04. The predicted octanol–water partition coefficient (Wildman–Crippen LogP) is -0.916. The van der Waals surface area contributed by atoms with Crippen LogP contribution in [0.25, 0.3) is 0 Å². The van der Waals surface area contributed by atoms with Gasteiger partial charge in [-0.25, -0.2) is 0 Å². The minimum Gasteiger partial charge on any atom is -0.368 e. The highest BCUT2D eigenvalue weighted by atomic mass is 16.1. The van der Waals surface area contributed by atoms with Gasteiger partial charge in [-0.05, 0) is 18.9 Å². The van der Waals surface area contributed by atoms with E-state index in [0.29, 0.717) is 6.42 Å². The maximum absolute atomic E-state index is 10.7. The van der Waals surface area contributed by atoms with Crippen LogP contribution in [0.4, 0.5) is 0 Å². The van der Waals surface area contributed by atoms with Crippen LogP contribution in [0.1, 0.15) is 11.3 Å². The fourth-order valence-corrected chi connectivity index (χ4v) is 1.19. The van der Waals surface area contributed by atoms with Crippen molar-refractivity contribution in [3.05, 3.63) is 17.5 Å². The molecule has 0 bridgehead atoms. The molecule has 1 atom stereocenters. The first kappa shape index (κ1) is 9.73. The second kappa shape index (κ2) is 3.57. The Morgan fingerprint density at radius 2 is 2.38 bits per heavy atom. The second-order valence-corrected chi connectivity index (χ2v) is 3.13. The lowest BCUT2D eigenvalue weighted by atomic mass is 10.1. The maximum Gasteiger partial charge on any atom is 0.234 e. The molecule has 5 heteroatoms. The molecule has 0 radical (unpaired) electrons. The van der Waals surface area contributed by atoms with E-state index < -0.39 is 11.9 Å². The largest absolute Gasteiger partial charge is 0.368 e. The molecule has 0 saturated carbocycles. The molecule has 1 aromatic heterocycles. The number of nitrogens with zero attached hydrogens (tertiary/aromatic N) is 2. The van der Waals surface area contributed by atoms with E-state index in [2.05, 4.69) is 5.10 Å². The van der Waals surface area contributed by atoms with Gasteiger partial charge in [-0.2, -0.15) is 5.10 Å².